The maximum atomic E-state index is 8.58. The Hall–Kier alpha value is -1.58. The second kappa shape index (κ2) is 6.01. The highest BCUT2D eigenvalue weighted by Gasteiger charge is 1.95. The van der Waals surface area contributed by atoms with Gasteiger partial charge in [-0.15, -0.1) is 0 Å². The number of halogens is 1. The molecule has 0 bridgehead atoms. The van der Waals surface area contributed by atoms with Gasteiger partial charge in [0.05, 0.1) is 0 Å². The molecule has 74 valence electrons. The van der Waals surface area contributed by atoms with E-state index < -0.39 is 0 Å². The van der Waals surface area contributed by atoms with Crippen molar-refractivity contribution >= 4 is 22.0 Å². The van der Waals surface area contributed by atoms with Crippen molar-refractivity contribution < 1.29 is 0 Å². The number of alkyl halides is 1. The van der Waals surface area contributed by atoms with E-state index in [-0.39, 0.29) is 5.57 Å². The second-order valence-corrected chi connectivity index (χ2v) is 3.76. The first-order chi connectivity index (χ1) is 7.30. The summed E-state index contributed by atoms with van der Waals surface area (Å²) in [5.41, 5.74) is 2.24. The summed E-state index contributed by atoms with van der Waals surface area (Å²) in [6.45, 7) is 0. The third kappa shape index (κ3) is 3.58. The van der Waals surface area contributed by atoms with Gasteiger partial charge in [-0.3, -0.25) is 0 Å². The van der Waals surface area contributed by atoms with E-state index in [1.54, 1.807) is 6.08 Å². The van der Waals surface area contributed by atoms with E-state index >= 15 is 0 Å². The van der Waals surface area contributed by atoms with Gasteiger partial charge in [0.1, 0.15) is 17.7 Å². The normalized spacial score (nSPS) is 8.73. The Kier molecular flexibility index (Phi) is 4.60. The van der Waals surface area contributed by atoms with Crippen LogP contribution in [0.25, 0.3) is 6.08 Å². The predicted molar refractivity (Wildman–Crippen MR) is 63.1 cm³/mol. The fourth-order valence-electron chi connectivity index (χ4n) is 1.15. The van der Waals surface area contributed by atoms with Crippen LogP contribution in [0.5, 0.6) is 0 Å². The molecule has 0 saturated carbocycles. The molecule has 0 spiro atoms. The van der Waals surface area contributed by atoms with Crippen LogP contribution in [-0.4, -0.2) is 5.33 Å². The van der Waals surface area contributed by atoms with Crippen molar-refractivity contribution in [1.29, 1.82) is 10.5 Å². The van der Waals surface area contributed by atoms with Crippen molar-refractivity contribution in [3.8, 4) is 12.1 Å². The summed E-state index contributed by atoms with van der Waals surface area (Å²) >= 11 is 3.37. The van der Waals surface area contributed by atoms with Gasteiger partial charge in [-0.2, -0.15) is 10.5 Å². The largest absolute Gasteiger partial charge is 0.192 e. The lowest BCUT2D eigenvalue weighted by atomic mass is 10.1. The van der Waals surface area contributed by atoms with Crippen molar-refractivity contribution in [2.75, 3.05) is 5.33 Å². The van der Waals surface area contributed by atoms with Crippen LogP contribution in [0.2, 0.25) is 0 Å². The third-order valence-corrected chi connectivity index (χ3v) is 2.31. The molecule has 0 unspecified atom stereocenters. The van der Waals surface area contributed by atoms with E-state index in [1.807, 2.05) is 36.4 Å². The van der Waals surface area contributed by atoms with E-state index in [4.69, 9.17) is 10.5 Å². The van der Waals surface area contributed by atoms with Crippen LogP contribution >= 0.6 is 15.9 Å². The topological polar surface area (TPSA) is 47.6 Å². The number of allylic oxidation sites excluding steroid dienone is 1. The molecule has 1 aromatic rings. The van der Waals surface area contributed by atoms with Crippen LogP contribution in [0.15, 0.2) is 29.8 Å². The van der Waals surface area contributed by atoms with Crippen LogP contribution in [-0.2, 0) is 6.42 Å². The zero-order chi connectivity index (χ0) is 11.1. The highest BCUT2D eigenvalue weighted by molar-refractivity contribution is 9.09. The second-order valence-electron chi connectivity index (χ2n) is 2.96. The standard InChI is InChI=1S/C12H9BrN2/c13-6-5-10-1-3-11(4-2-10)7-12(8-14)9-15/h1-4,7H,5-6H2. The van der Waals surface area contributed by atoms with Crippen LogP contribution in [0.4, 0.5) is 0 Å². The first-order valence-corrected chi connectivity index (χ1v) is 5.59. The Balaban J connectivity index is 2.87. The summed E-state index contributed by atoms with van der Waals surface area (Å²) in [5, 5.41) is 18.1. The summed E-state index contributed by atoms with van der Waals surface area (Å²) in [6.07, 6.45) is 2.56. The van der Waals surface area contributed by atoms with Crippen molar-refractivity contribution in [2.24, 2.45) is 0 Å². The Morgan fingerprint density at radius 1 is 1.20 bits per heavy atom. The molecular formula is C12H9BrN2. The van der Waals surface area contributed by atoms with E-state index in [0.717, 1.165) is 17.3 Å². The van der Waals surface area contributed by atoms with E-state index in [2.05, 4.69) is 15.9 Å². The van der Waals surface area contributed by atoms with Gasteiger partial charge in [-0.25, -0.2) is 0 Å². The Morgan fingerprint density at radius 3 is 2.27 bits per heavy atom. The predicted octanol–water partition coefficient (Wildman–Crippen LogP) is 3.05. The molecule has 0 aromatic heterocycles. The molecule has 0 saturated heterocycles. The molecule has 0 atom stereocenters. The lowest BCUT2D eigenvalue weighted by molar-refractivity contribution is 1.17. The average Bonchev–Trinajstić information content (AvgIpc) is 2.28. The van der Waals surface area contributed by atoms with E-state index in [1.165, 1.54) is 5.56 Å². The van der Waals surface area contributed by atoms with Crippen LogP contribution in [0.3, 0.4) is 0 Å². The molecular weight excluding hydrogens is 252 g/mol. The van der Waals surface area contributed by atoms with Crippen LogP contribution in [0, 0.1) is 22.7 Å². The molecule has 0 amide bonds. The number of benzene rings is 1. The van der Waals surface area contributed by atoms with Gasteiger partial charge in [0.25, 0.3) is 0 Å². The average molecular weight is 261 g/mol. The first kappa shape index (κ1) is 11.5. The van der Waals surface area contributed by atoms with Crippen molar-refractivity contribution in [2.45, 2.75) is 6.42 Å². The lowest BCUT2D eigenvalue weighted by Crippen LogP contribution is -1.85. The molecule has 0 heterocycles. The summed E-state index contributed by atoms with van der Waals surface area (Å²) in [6, 6.07) is 11.5. The van der Waals surface area contributed by atoms with E-state index in [0.29, 0.717) is 0 Å². The minimum Gasteiger partial charge on any atom is -0.192 e. The van der Waals surface area contributed by atoms with Crippen molar-refractivity contribution in [3.05, 3.63) is 41.0 Å². The van der Waals surface area contributed by atoms with Crippen molar-refractivity contribution in [3.63, 3.8) is 0 Å². The molecule has 0 aliphatic rings. The Labute approximate surface area is 97.6 Å². The number of nitrogens with zero attached hydrogens (tertiary/aromatic N) is 2. The van der Waals surface area contributed by atoms with Gasteiger partial charge < -0.3 is 0 Å². The van der Waals surface area contributed by atoms with Gasteiger partial charge in [-0.1, -0.05) is 40.2 Å². The van der Waals surface area contributed by atoms with E-state index in [9.17, 15) is 0 Å². The highest BCUT2D eigenvalue weighted by atomic mass is 79.9. The smallest absolute Gasteiger partial charge is 0.130 e. The quantitative estimate of drug-likeness (QED) is 0.620. The van der Waals surface area contributed by atoms with Gasteiger partial charge in [0, 0.05) is 5.33 Å². The van der Waals surface area contributed by atoms with Crippen molar-refractivity contribution in [1.82, 2.24) is 0 Å². The highest BCUT2D eigenvalue weighted by Crippen LogP contribution is 2.09. The fraction of sp³-hybridized carbons (Fsp3) is 0.167. The molecule has 0 aliphatic heterocycles. The number of hydrogen-bond acceptors (Lipinski definition) is 2. The molecule has 0 aliphatic carbocycles. The molecule has 0 fully saturated rings. The zero-order valence-electron chi connectivity index (χ0n) is 8.07. The summed E-state index contributed by atoms with van der Waals surface area (Å²) in [4.78, 5) is 0. The molecule has 0 radical (unpaired) electrons. The van der Waals surface area contributed by atoms with Crippen LogP contribution < -0.4 is 0 Å². The summed E-state index contributed by atoms with van der Waals surface area (Å²) in [7, 11) is 0. The van der Waals surface area contributed by atoms with Gasteiger partial charge in [0.2, 0.25) is 0 Å². The minimum atomic E-state index is 0.128. The molecule has 1 rings (SSSR count). The summed E-state index contributed by atoms with van der Waals surface area (Å²) < 4.78 is 0. The van der Waals surface area contributed by atoms with Crippen LogP contribution in [0.1, 0.15) is 11.1 Å². The number of hydrogen-bond donors (Lipinski definition) is 0. The Bertz CT molecular complexity index is 416. The Morgan fingerprint density at radius 2 is 1.80 bits per heavy atom. The molecule has 2 nitrogen and oxygen atoms in total. The third-order valence-electron chi connectivity index (χ3n) is 1.91. The molecule has 0 N–H and O–H groups in total. The molecule has 1 aromatic carbocycles. The maximum absolute atomic E-state index is 8.58. The SMILES string of the molecule is N#CC(C#N)=Cc1ccc(CCBr)cc1. The molecule has 15 heavy (non-hydrogen) atoms. The number of rotatable bonds is 3. The minimum absolute atomic E-state index is 0.128. The zero-order valence-corrected chi connectivity index (χ0v) is 9.66. The van der Waals surface area contributed by atoms with Gasteiger partial charge in [-0.05, 0) is 23.6 Å². The molecule has 3 heteroatoms. The monoisotopic (exact) mass is 260 g/mol. The fourth-order valence-corrected chi connectivity index (χ4v) is 1.60. The van der Waals surface area contributed by atoms with Gasteiger partial charge >= 0.3 is 0 Å². The van der Waals surface area contributed by atoms with Gasteiger partial charge in [0.15, 0.2) is 0 Å². The first-order valence-electron chi connectivity index (χ1n) is 4.47. The number of aryl methyl sites for hydroxylation is 1. The number of nitriles is 2. The lowest BCUT2D eigenvalue weighted by Gasteiger charge is -1.98. The summed E-state index contributed by atoms with van der Waals surface area (Å²) in [5.74, 6) is 0. The maximum Gasteiger partial charge on any atom is 0.130 e.